The van der Waals surface area contributed by atoms with Crippen LogP contribution in [0.25, 0.3) is 0 Å². The number of rotatable bonds is 2. The van der Waals surface area contributed by atoms with Gasteiger partial charge in [-0.15, -0.1) is 0 Å². The Morgan fingerprint density at radius 2 is 2.00 bits per heavy atom. The molecule has 1 aliphatic heterocycles. The van der Waals surface area contributed by atoms with Gasteiger partial charge >= 0.3 is 0 Å². The third kappa shape index (κ3) is 2.83. The van der Waals surface area contributed by atoms with E-state index in [1.54, 1.807) is 20.8 Å². The zero-order chi connectivity index (χ0) is 16.7. The Labute approximate surface area is 129 Å². The number of sulfone groups is 1. The summed E-state index contributed by atoms with van der Waals surface area (Å²) >= 11 is 0. The molecule has 0 spiro atoms. The lowest BCUT2D eigenvalue weighted by Gasteiger charge is -2.37. The molecule has 2 rings (SSSR count). The number of nitro benzene ring substituents is 1. The van der Waals surface area contributed by atoms with E-state index in [1.165, 1.54) is 23.1 Å². The largest absolute Gasteiger partial charge is 0.334 e. The zero-order valence-electron chi connectivity index (χ0n) is 12.6. The molecule has 8 heteroatoms. The SMILES string of the molecule is Cc1cc([N+](=O)[O-])ccc1C(=O)N1CCS(=O)(=O)C(C)C1C. The van der Waals surface area contributed by atoms with Crippen molar-refractivity contribution >= 4 is 21.4 Å². The van der Waals surface area contributed by atoms with Crippen LogP contribution in [0, 0.1) is 17.0 Å². The molecule has 1 saturated heterocycles. The lowest BCUT2D eigenvalue weighted by atomic mass is 10.0. The molecule has 0 radical (unpaired) electrons. The van der Waals surface area contributed by atoms with E-state index < -0.39 is 26.1 Å². The molecule has 7 nitrogen and oxygen atoms in total. The molecular weight excluding hydrogens is 308 g/mol. The van der Waals surface area contributed by atoms with E-state index in [2.05, 4.69) is 0 Å². The molecule has 0 N–H and O–H groups in total. The number of hydrogen-bond donors (Lipinski definition) is 0. The molecule has 0 aromatic heterocycles. The predicted molar refractivity (Wildman–Crippen MR) is 81.6 cm³/mol. The molecular formula is C14H18N2O5S. The van der Waals surface area contributed by atoms with Gasteiger partial charge in [0.15, 0.2) is 9.84 Å². The Balaban J connectivity index is 2.31. The van der Waals surface area contributed by atoms with Gasteiger partial charge in [0, 0.05) is 30.3 Å². The molecule has 1 aromatic rings. The Morgan fingerprint density at radius 1 is 1.36 bits per heavy atom. The molecule has 0 aliphatic carbocycles. The fraction of sp³-hybridized carbons (Fsp3) is 0.500. The topological polar surface area (TPSA) is 97.6 Å². The van der Waals surface area contributed by atoms with Gasteiger partial charge < -0.3 is 4.90 Å². The van der Waals surface area contributed by atoms with Gasteiger partial charge in [-0.3, -0.25) is 14.9 Å². The summed E-state index contributed by atoms with van der Waals surface area (Å²) in [6.07, 6.45) is 0. The summed E-state index contributed by atoms with van der Waals surface area (Å²) in [6, 6.07) is 3.63. The number of hydrogen-bond acceptors (Lipinski definition) is 5. The zero-order valence-corrected chi connectivity index (χ0v) is 13.5. The Morgan fingerprint density at radius 3 is 2.55 bits per heavy atom. The van der Waals surface area contributed by atoms with E-state index in [1.807, 2.05) is 0 Å². The normalized spacial score (nSPS) is 24.0. The van der Waals surface area contributed by atoms with E-state index in [4.69, 9.17) is 0 Å². The summed E-state index contributed by atoms with van der Waals surface area (Å²) in [6.45, 7) is 5.08. The monoisotopic (exact) mass is 326 g/mol. The fourth-order valence-corrected chi connectivity index (χ4v) is 4.18. The van der Waals surface area contributed by atoms with Crippen LogP contribution in [0.5, 0.6) is 0 Å². The fourth-order valence-electron chi connectivity index (χ4n) is 2.61. The third-order valence-electron chi connectivity index (χ3n) is 4.27. The smallest absolute Gasteiger partial charge is 0.269 e. The van der Waals surface area contributed by atoms with Crippen molar-refractivity contribution in [2.24, 2.45) is 0 Å². The number of carbonyl (C=O) groups is 1. The van der Waals surface area contributed by atoms with Gasteiger partial charge in [0.05, 0.1) is 15.9 Å². The Kier molecular flexibility index (Phi) is 4.23. The van der Waals surface area contributed by atoms with Crippen LogP contribution in [0.15, 0.2) is 18.2 Å². The highest BCUT2D eigenvalue weighted by Crippen LogP contribution is 2.24. The number of benzene rings is 1. The minimum absolute atomic E-state index is 0.0593. The molecule has 1 aromatic carbocycles. The molecule has 0 saturated carbocycles. The van der Waals surface area contributed by atoms with E-state index in [0.717, 1.165) is 0 Å². The number of nitro groups is 1. The number of non-ortho nitro benzene ring substituents is 1. The van der Waals surface area contributed by atoms with Gasteiger partial charge in [-0.25, -0.2) is 8.42 Å². The minimum atomic E-state index is -3.17. The second-order valence-corrected chi connectivity index (χ2v) is 8.05. The second-order valence-electron chi connectivity index (χ2n) is 5.57. The molecule has 2 atom stereocenters. The van der Waals surface area contributed by atoms with Gasteiger partial charge in [0.1, 0.15) is 0 Å². The van der Waals surface area contributed by atoms with E-state index in [9.17, 15) is 23.3 Å². The lowest BCUT2D eigenvalue weighted by Crippen LogP contribution is -2.54. The Bertz CT molecular complexity index is 729. The maximum absolute atomic E-state index is 12.6. The van der Waals surface area contributed by atoms with Crippen molar-refractivity contribution in [1.82, 2.24) is 4.90 Å². The first-order valence-electron chi connectivity index (χ1n) is 6.92. The van der Waals surface area contributed by atoms with Crippen LogP contribution < -0.4 is 0 Å². The Hall–Kier alpha value is -1.96. The molecule has 1 aliphatic rings. The molecule has 2 unspecified atom stereocenters. The summed E-state index contributed by atoms with van der Waals surface area (Å²) in [5, 5.41) is 10.1. The van der Waals surface area contributed by atoms with Crippen LogP contribution in [0.4, 0.5) is 5.69 Å². The summed E-state index contributed by atoms with van der Waals surface area (Å²) in [5.74, 6) is -0.349. The molecule has 1 fully saturated rings. The first-order valence-corrected chi connectivity index (χ1v) is 8.64. The van der Waals surface area contributed by atoms with Crippen LogP contribution >= 0.6 is 0 Å². The van der Waals surface area contributed by atoms with Gasteiger partial charge in [-0.1, -0.05) is 0 Å². The predicted octanol–water partition coefficient (Wildman–Crippen LogP) is 1.55. The number of aryl methyl sites for hydroxylation is 1. The summed E-state index contributed by atoms with van der Waals surface area (Å²) in [5.41, 5.74) is 0.799. The molecule has 1 heterocycles. The highest BCUT2D eigenvalue weighted by atomic mass is 32.2. The quantitative estimate of drug-likeness (QED) is 0.606. The maximum Gasteiger partial charge on any atom is 0.269 e. The average molecular weight is 326 g/mol. The molecule has 120 valence electrons. The van der Waals surface area contributed by atoms with Crippen molar-refractivity contribution in [3.05, 3.63) is 39.4 Å². The number of nitrogens with zero attached hydrogens (tertiary/aromatic N) is 2. The van der Waals surface area contributed by atoms with Crippen LogP contribution in [-0.2, 0) is 9.84 Å². The van der Waals surface area contributed by atoms with Gasteiger partial charge in [-0.05, 0) is 32.4 Å². The highest BCUT2D eigenvalue weighted by Gasteiger charge is 2.38. The van der Waals surface area contributed by atoms with Crippen molar-refractivity contribution in [1.29, 1.82) is 0 Å². The minimum Gasteiger partial charge on any atom is -0.334 e. The van der Waals surface area contributed by atoms with Crippen LogP contribution in [0.2, 0.25) is 0 Å². The first-order chi connectivity index (χ1) is 10.1. The summed E-state index contributed by atoms with van der Waals surface area (Å²) < 4.78 is 23.7. The third-order valence-corrected chi connectivity index (χ3v) is 6.54. The number of carbonyl (C=O) groups excluding carboxylic acids is 1. The van der Waals surface area contributed by atoms with Crippen molar-refractivity contribution in [3.63, 3.8) is 0 Å². The molecule has 0 bridgehead atoms. The van der Waals surface area contributed by atoms with Crippen molar-refractivity contribution in [3.8, 4) is 0 Å². The summed E-state index contributed by atoms with van der Waals surface area (Å²) in [7, 11) is -3.17. The van der Waals surface area contributed by atoms with Crippen molar-refractivity contribution in [2.45, 2.75) is 32.1 Å². The van der Waals surface area contributed by atoms with Crippen LogP contribution in [-0.4, -0.2) is 47.7 Å². The maximum atomic E-state index is 12.6. The lowest BCUT2D eigenvalue weighted by molar-refractivity contribution is -0.384. The highest BCUT2D eigenvalue weighted by molar-refractivity contribution is 7.92. The van der Waals surface area contributed by atoms with Crippen molar-refractivity contribution < 1.29 is 18.1 Å². The second kappa shape index (κ2) is 5.68. The van der Waals surface area contributed by atoms with E-state index >= 15 is 0 Å². The van der Waals surface area contributed by atoms with E-state index in [0.29, 0.717) is 11.1 Å². The van der Waals surface area contributed by atoms with Crippen molar-refractivity contribution in [2.75, 3.05) is 12.3 Å². The van der Waals surface area contributed by atoms with Gasteiger partial charge in [0.2, 0.25) is 0 Å². The molecule has 22 heavy (non-hydrogen) atoms. The van der Waals surface area contributed by atoms with Crippen LogP contribution in [0.1, 0.15) is 29.8 Å². The standard InChI is InChI=1S/C14H18N2O5S/c1-9-8-12(16(18)19)4-5-13(9)14(17)15-6-7-22(20,21)11(3)10(15)2/h4-5,8,10-11H,6-7H2,1-3H3. The van der Waals surface area contributed by atoms with Gasteiger partial charge in [0.25, 0.3) is 11.6 Å². The average Bonchev–Trinajstić information content (AvgIpc) is 2.44. The van der Waals surface area contributed by atoms with Gasteiger partial charge in [-0.2, -0.15) is 0 Å². The van der Waals surface area contributed by atoms with Crippen LogP contribution in [0.3, 0.4) is 0 Å². The van der Waals surface area contributed by atoms with E-state index in [-0.39, 0.29) is 23.9 Å². The number of amides is 1. The summed E-state index contributed by atoms with van der Waals surface area (Å²) in [4.78, 5) is 24.4. The first kappa shape index (κ1) is 16.4. The molecule has 1 amide bonds.